The monoisotopic (exact) mass is 856 g/mol. The van der Waals surface area contributed by atoms with Gasteiger partial charge in [-0.3, -0.25) is 9.59 Å². The second-order valence-electron chi connectivity index (χ2n) is 16.8. The van der Waals surface area contributed by atoms with Gasteiger partial charge in [-0.2, -0.15) is 0 Å². The number of piperidine rings is 2. The van der Waals surface area contributed by atoms with Crippen molar-refractivity contribution in [2.24, 2.45) is 11.8 Å². The zero-order valence-electron chi connectivity index (χ0n) is 32.7. The molecule has 0 saturated carbocycles. The van der Waals surface area contributed by atoms with Crippen molar-refractivity contribution >= 4 is 43.7 Å². The number of hydrogen-bond acceptors (Lipinski definition) is 4. The number of piperazine rings is 2. The van der Waals surface area contributed by atoms with Crippen molar-refractivity contribution in [2.45, 2.75) is 58.8 Å². The summed E-state index contributed by atoms with van der Waals surface area (Å²) in [6, 6.07) is 15.5. The van der Waals surface area contributed by atoms with Crippen molar-refractivity contribution in [3.63, 3.8) is 0 Å². The predicted molar refractivity (Wildman–Crippen MR) is 223 cm³/mol. The Labute approximate surface area is 337 Å². The highest BCUT2D eigenvalue weighted by molar-refractivity contribution is 9.10. The van der Waals surface area contributed by atoms with Gasteiger partial charge in [-0.25, -0.2) is 0 Å². The van der Waals surface area contributed by atoms with E-state index >= 15 is 0 Å². The molecule has 2 aromatic carbocycles. The highest BCUT2D eigenvalue weighted by atomic mass is 79.9. The molecule has 0 atom stereocenters. The summed E-state index contributed by atoms with van der Waals surface area (Å²) in [5.74, 6) is 2.16. The van der Waals surface area contributed by atoms with Crippen LogP contribution in [0.5, 0.6) is 0 Å². The van der Waals surface area contributed by atoms with E-state index in [2.05, 4.69) is 60.4 Å². The fourth-order valence-corrected chi connectivity index (χ4v) is 10.2. The van der Waals surface area contributed by atoms with E-state index in [0.29, 0.717) is 0 Å². The van der Waals surface area contributed by atoms with Crippen molar-refractivity contribution in [2.75, 3.05) is 118 Å². The Morgan fingerprint density at radius 1 is 0.642 bits per heavy atom. The molecule has 4 heterocycles. The van der Waals surface area contributed by atoms with Gasteiger partial charge in [0.05, 0.1) is 39.3 Å². The van der Waals surface area contributed by atoms with E-state index in [4.69, 9.17) is 0 Å². The first-order valence-electron chi connectivity index (χ1n) is 20.9. The first-order valence-corrected chi connectivity index (χ1v) is 22.5. The van der Waals surface area contributed by atoms with Crippen LogP contribution in [0.15, 0.2) is 57.5 Å². The Kier molecular flexibility index (Phi) is 14.9. The number of hydrogen-bond donors (Lipinski definition) is 0. The van der Waals surface area contributed by atoms with Crippen LogP contribution in [0.4, 0.5) is 0 Å². The number of nitrogens with zero attached hydrogens (tertiary/aromatic N) is 6. The van der Waals surface area contributed by atoms with Crippen molar-refractivity contribution < 1.29 is 18.6 Å². The van der Waals surface area contributed by atoms with E-state index in [1.54, 1.807) is 0 Å². The maximum atomic E-state index is 13.1. The predicted octanol–water partition coefficient (Wildman–Crippen LogP) is 7.09. The zero-order chi connectivity index (χ0) is 37.3. The number of quaternary nitrogens is 2. The standard InChI is InChI=1S/C43H66Br2N6O2/c1-3-46(24-25-48(4-2)42(52)38-8-12-40(44)13-9-38)22-23-47-20-16-36(17-21-47)6-5-7-37-18-28-50(29-19-37)32-34-51(35-33-50)30-26-49(27-31-51)43(53)39-10-14-41(45)15-11-39/h8-15,36-37H,3-7,16-35H2,1-2H3/q+2. The molecule has 53 heavy (non-hydrogen) atoms. The molecule has 2 spiro atoms. The number of amides is 2. The van der Waals surface area contributed by atoms with Crippen LogP contribution in [0.25, 0.3) is 0 Å². The van der Waals surface area contributed by atoms with Crippen LogP contribution >= 0.6 is 31.9 Å². The summed E-state index contributed by atoms with van der Waals surface area (Å²) in [4.78, 5) is 35.4. The zero-order valence-corrected chi connectivity index (χ0v) is 35.9. The SMILES string of the molecule is CCN(CCN1CCC(CCCC2CC[N+]3(CC2)CC[N+]2(CCN(C(=O)c4ccc(Br)cc4)CC2)CC3)CC1)CCN(CC)C(=O)c1ccc(Br)cc1. The smallest absolute Gasteiger partial charge is 0.254 e. The summed E-state index contributed by atoms with van der Waals surface area (Å²) in [5.41, 5.74) is 1.57. The van der Waals surface area contributed by atoms with Gasteiger partial charge >= 0.3 is 0 Å². The van der Waals surface area contributed by atoms with Crippen molar-refractivity contribution in [1.82, 2.24) is 19.6 Å². The fourth-order valence-electron chi connectivity index (χ4n) is 9.64. The number of likely N-dealkylation sites (N-methyl/N-ethyl adjacent to an activating group) is 2. The van der Waals surface area contributed by atoms with E-state index in [1.165, 1.54) is 106 Å². The summed E-state index contributed by atoms with van der Waals surface area (Å²) in [5, 5.41) is 0. The molecule has 292 valence electrons. The number of likely N-dealkylation sites (tertiary alicyclic amines) is 1. The van der Waals surface area contributed by atoms with Gasteiger partial charge in [-0.05, 0) is 113 Å². The van der Waals surface area contributed by atoms with Crippen molar-refractivity contribution in [3.8, 4) is 0 Å². The maximum absolute atomic E-state index is 13.1. The maximum Gasteiger partial charge on any atom is 0.254 e. The summed E-state index contributed by atoms with van der Waals surface area (Å²) in [6.45, 7) is 24.6. The lowest BCUT2D eigenvalue weighted by Crippen LogP contribution is -2.71. The summed E-state index contributed by atoms with van der Waals surface area (Å²) < 4.78 is 4.62. The second-order valence-corrected chi connectivity index (χ2v) is 18.6. The first-order chi connectivity index (χ1) is 25.7. The molecule has 0 N–H and O–H groups in total. The highest BCUT2D eigenvalue weighted by Gasteiger charge is 2.45. The molecule has 4 saturated heterocycles. The Morgan fingerprint density at radius 3 is 1.72 bits per heavy atom. The number of benzene rings is 2. The number of halogens is 2. The molecule has 10 heteroatoms. The van der Waals surface area contributed by atoms with Crippen LogP contribution < -0.4 is 0 Å². The Balaban J connectivity index is 0.816. The van der Waals surface area contributed by atoms with Gasteiger partial charge in [0.25, 0.3) is 11.8 Å². The minimum Gasteiger partial charge on any atom is -0.338 e. The molecular weight excluding hydrogens is 792 g/mol. The minimum absolute atomic E-state index is 0.128. The molecule has 0 aromatic heterocycles. The van der Waals surface area contributed by atoms with Crippen LogP contribution in [0.2, 0.25) is 0 Å². The van der Waals surface area contributed by atoms with E-state index in [-0.39, 0.29) is 11.8 Å². The summed E-state index contributed by atoms with van der Waals surface area (Å²) in [6.07, 6.45) is 9.85. The molecular formula is C43H66Br2N6O2+2. The molecule has 8 nitrogen and oxygen atoms in total. The molecule has 4 aliphatic heterocycles. The molecule has 0 unspecified atom stereocenters. The molecule has 0 aliphatic carbocycles. The van der Waals surface area contributed by atoms with Gasteiger partial charge in [-0.1, -0.05) is 58.0 Å². The van der Waals surface area contributed by atoms with Crippen molar-refractivity contribution in [3.05, 3.63) is 68.6 Å². The topological polar surface area (TPSA) is 47.1 Å². The van der Waals surface area contributed by atoms with Crippen molar-refractivity contribution in [1.29, 1.82) is 0 Å². The largest absolute Gasteiger partial charge is 0.338 e. The first kappa shape index (κ1) is 40.8. The summed E-state index contributed by atoms with van der Waals surface area (Å²) in [7, 11) is 0. The van der Waals surface area contributed by atoms with Crippen LogP contribution in [0, 0.1) is 11.8 Å². The third kappa shape index (κ3) is 11.2. The van der Waals surface area contributed by atoms with Gasteiger partial charge in [0.2, 0.25) is 0 Å². The van der Waals surface area contributed by atoms with Gasteiger partial charge in [0, 0.05) is 52.8 Å². The van der Waals surface area contributed by atoms with Gasteiger partial charge in [0.1, 0.15) is 26.2 Å². The normalized spacial score (nSPS) is 21.0. The average molecular weight is 859 g/mol. The van der Waals surface area contributed by atoms with Crippen LogP contribution in [-0.4, -0.2) is 158 Å². The quantitative estimate of drug-likeness (QED) is 0.191. The fraction of sp³-hybridized carbons (Fsp3) is 0.674. The molecule has 2 aromatic rings. The van der Waals surface area contributed by atoms with Crippen LogP contribution in [0.3, 0.4) is 0 Å². The highest BCUT2D eigenvalue weighted by Crippen LogP contribution is 2.32. The summed E-state index contributed by atoms with van der Waals surface area (Å²) >= 11 is 6.95. The van der Waals surface area contributed by atoms with Gasteiger partial charge in [0.15, 0.2) is 0 Å². The van der Waals surface area contributed by atoms with Crippen LogP contribution in [-0.2, 0) is 0 Å². The molecule has 4 fully saturated rings. The van der Waals surface area contributed by atoms with E-state index in [0.717, 1.165) is 97.4 Å². The molecule has 0 bridgehead atoms. The number of rotatable bonds is 14. The molecule has 6 rings (SSSR count). The van der Waals surface area contributed by atoms with E-state index < -0.39 is 0 Å². The Bertz CT molecular complexity index is 1440. The van der Waals surface area contributed by atoms with E-state index in [1.807, 2.05) is 53.4 Å². The number of carbonyl (C=O) groups excluding carboxylic acids is 2. The average Bonchev–Trinajstić information content (AvgIpc) is 3.19. The van der Waals surface area contributed by atoms with E-state index in [9.17, 15) is 9.59 Å². The Hall–Kier alpha value is -1.82. The third-order valence-electron chi connectivity index (χ3n) is 13.7. The van der Waals surface area contributed by atoms with Gasteiger partial charge in [-0.15, -0.1) is 0 Å². The van der Waals surface area contributed by atoms with Crippen LogP contribution in [0.1, 0.15) is 79.5 Å². The minimum atomic E-state index is 0.128. The van der Waals surface area contributed by atoms with Gasteiger partial charge < -0.3 is 28.6 Å². The second kappa shape index (κ2) is 19.4. The Morgan fingerprint density at radius 2 is 1.17 bits per heavy atom. The lowest BCUT2D eigenvalue weighted by Gasteiger charge is -2.54. The lowest BCUT2D eigenvalue weighted by molar-refractivity contribution is -1.03. The lowest BCUT2D eigenvalue weighted by atomic mass is 9.86. The molecule has 2 amide bonds. The molecule has 4 aliphatic rings. The molecule has 0 radical (unpaired) electrons. The third-order valence-corrected chi connectivity index (χ3v) is 14.8. The number of carbonyl (C=O) groups is 2.